The molecule has 2 heterocycles. The number of aromatic nitrogens is 2. The standard InChI is InChI=1S/C23H20FN3O2S/c1-15-7-9-16(10-8-15)18-13-30-22-21(18)23(29)27(14-25-22)12-20(28)26(2)11-17-5-3-4-6-19(17)24/h3-10,13-14H,11-12H2,1-2H3. The van der Waals surface area contributed by atoms with Crippen molar-refractivity contribution < 1.29 is 9.18 Å². The second-order valence-electron chi connectivity index (χ2n) is 7.21. The number of carbonyl (C=O) groups is 1. The number of hydrogen-bond acceptors (Lipinski definition) is 4. The monoisotopic (exact) mass is 421 g/mol. The molecule has 2 aromatic carbocycles. The highest BCUT2D eigenvalue weighted by Gasteiger charge is 2.17. The third-order valence-electron chi connectivity index (χ3n) is 5.02. The van der Waals surface area contributed by atoms with Crippen LogP contribution in [0, 0.1) is 12.7 Å². The number of nitrogens with zero attached hydrogens (tertiary/aromatic N) is 3. The minimum absolute atomic E-state index is 0.128. The van der Waals surface area contributed by atoms with Crippen molar-refractivity contribution in [2.75, 3.05) is 7.05 Å². The lowest BCUT2D eigenvalue weighted by Crippen LogP contribution is -2.33. The van der Waals surface area contributed by atoms with Gasteiger partial charge in [-0.3, -0.25) is 14.2 Å². The summed E-state index contributed by atoms with van der Waals surface area (Å²) in [7, 11) is 1.59. The van der Waals surface area contributed by atoms with Gasteiger partial charge in [-0.1, -0.05) is 48.0 Å². The molecule has 4 aromatic rings. The number of amides is 1. The van der Waals surface area contributed by atoms with E-state index in [1.165, 1.54) is 33.2 Å². The molecule has 7 heteroatoms. The minimum atomic E-state index is -0.363. The van der Waals surface area contributed by atoms with E-state index in [1.807, 2.05) is 36.6 Å². The molecule has 0 spiro atoms. The molecule has 0 radical (unpaired) electrons. The Morgan fingerprint density at radius 1 is 1.17 bits per heavy atom. The van der Waals surface area contributed by atoms with Gasteiger partial charge in [0.2, 0.25) is 5.91 Å². The lowest BCUT2D eigenvalue weighted by atomic mass is 10.1. The maximum Gasteiger partial charge on any atom is 0.263 e. The van der Waals surface area contributed by atoms with Crippen molar-refractivity contribution in [1.29, 1.82) is 0 Å². The van der Waals surface area contributed by atoms with Crippen LogP contribution in [0.3, 0.4) is 0 Å². The zero-order valence-electron chi connectivity index (χ0n) is 16.6. The first-order valence-corrected chi connectivity index (χ1v) is 10.3. The predicted molar refractivity (Wildman–Crippen MR) is 117 cm³/mol. The van der Waals surface area contributed by atoms with Crippen LogP contribution in [0.1, 0.15) is 11.1 Å². The number of fused-ring (bicyclic) bond motifs is 1. The van der Waals surface area contributed by atoms with Crippen molar-refractivity contribution in [1.82, 2.24) is 14.5 Å². The molecule has 152 valence electrons. The topological polar surface area (TPSA) is 55.2 Å². The highest BCUT2D eigenvalue weighted by Crippen LogP contribution is 2.30. The Bertz CT molecular complexity index is 1280. The molecule has 4 rings (SSSR count). The Morgan fingerprint density at radius 3 is 2.63 bits per heavy atom. The summed E-state index contributed by atoms with van der Waals surface area (Å²) in [5.41, 5.74) is 3.05. The van der Waals surface area contributed by atoms with E-state index in [0.717, 1.165) is 16.7 Å². The molecule has 2 aromatic heterocycles. The number of thiophene rings is 1. The number of carbonyl (C=O) groups excluding carboxylic acids is 1. The number of likely N-dealkylation sites (N-methyl/N-ethyl adjacent to an activating group) is 1. The predicted octanol–water partition coefficient (Wildman–Crippen LogP) is 4.23. The summed E-state index contributed by atoms with van der Waals surface area (Å²) in [6, 6.07) is 14.3. The van der Waals surface area contributed by atoms with Crippen LogP contribution in [0.5, 0.6) is 0 Å². The van der Waals surface area contributed by atoms with Gasteiger partial charge in [-0.05, 0) is 18.6 Å². The fraction of sp³-hybridized carbons (Fsp3) is 0.174. The lowest BCUT2D eigenvalue weighted by Gasteiger charge is -2.18. The molecule has 0 fully saturated rings. The van der Waals surface area contributed by atoms with Crippen LogP contribution in [0.15, 0.2) is 65.0 Å². The molecule has 0 aliphatic heterocycles. The summed E-state index contributed by atoms with van der Waals surface area (Å²) < 4.78 is 15.2. The number of hydrogen-bond donors (Lipinski definition) is 0. The summed E-state index contributed by atoms with van der Waals surface area (Å²) in [6.45, 7) is 1.98. The molecule has 0 saturated carbocycles. The van der Waals surface area contributed by atoms with Crippen molar-refractivity contribution in [2.45, 2.75) is 20.0 Å². The summed E-state index contributed by atoms with van der Waals surface area (Å²) in [5.74, 6) is -0.660. The molecule has 0 saturated heterocycles. The smallest absolute Gasteiger partial charge is 0.263 e. The second-order valence-corrected chi connectivity index (χ2v) is 8.07. The van der Waals surface area contributed by atoms with Gasteiger partial charge in [0.15, 0.2) is 0 Å². The summed E-state index contributed by atoms with van der Waals surface area (Å²) in [6.07, 6.45) is 1.40. The second kappa shape index (κ2) is 8.20. The zero-order valence-corrected chi connectivity index (χ0v) is 17.4. The normalized spacial score (nSPS) is 11.0. The minimum Gasteiger partial charge on any atom is -0.340 e. The maximum absolute atomic E-state index is 13.9. The Balaban J connectivity index is 1.61. The largest absolute Gasteiger partial charge is 0.340 e. The lowest BCUT2D eigenvalue weighted by molar-refractivity contribution is -0.131. The Kier molecular flexibility index (Phi) is 5.46. The van der Waals surface area contributed by atoms with Gasteiger partial charge in [-0.25, -0.2) is 9.37 Å². The van der Waals surface area contributed by atoms with Gasteiger partial charge in [0.25, 0.3) is 5.56 Å². The van der Waals surface area contributed by atoms with Gasteiger partial charge in [-0.15, -0.1) is 11.3 Å². The highest BCUT2D eigenvalue weighted by molar-refractivity contribution is 7.17. The Morgan fingerprint density at radius 2 is 1.90 bits per heavy atom. The van der Waals surface area contributed by atoms with Crippen LogP contribution in [-0.2, 0) is 17.9 Å². The first kappa shape index (κ1) is 20.0. The quantitative estimate of drug-likeness (QED) is 0.485. The van der Waals surface area contributed by atoms with Crippen LogP contribution < -0.4 is 5.56 Å². The van der Waals surface area contributed by atoms with Crippen molar-refractivity contribution in [3.8, 4) is 11.1 Å². The number of benzene rings is 2. The van der Waals surface area contributed by atoms with Crippen molar-refractivity contribution in [3.63, 3.8) is 0 Å². The van der Waals surface area contributed by atoms with E-state index in [4.69, 9.17) is 0 Å². The average molecular weight is 421 g/mol. The van der Waals surface area contributed by atoms with Crippen LogP contribution in [0.4, 0.5) is 4.39 Å². The molecule has 0 unspecified atom stereocenters. The summed E-state index contributed by atoms with van der Waals surface area (Å²) in [5, 5.41) is 2.43. The number of halogens is 1. The molecule has 30 heavy (non-hydrogen) atoms. The zero-order chi connectivity index (χ0) is 21.3. The third kappa shape index (κ3) is 3.89. The molecule has 5 nitrogen and oxygen atoms in total. The van der Waals surface area contributed by atoms with Crippen molar-refractivity contribution >= 4 is 27.5 Å². The van der Waals surface area contributed by atoms with Gasteiger partial charge in [0.1, 0.15) is 17.2 Å². The van der Waals surface area contributed by atoms with Gasteiger partial charge >= 0.3 is 0 Å². The average Bonchev–Trinajstić information content (AvgIpc) is 3.17. The molecule has 0 bridgehead atoms. The van der Waals surface area contributed by atoms with E-state index in [9.17, 15) is 14.0 Å². The summed E-state index contributed by atoms with van der Waals surface area (Å²) >= 11 is 1.40. The Hall–Kier alpha value is -3.32. The molecule has 0 aliphatic rings. The first-order valence-electron chi connectivity index (χ1n) is 9.45. The van der Waals surface area contributed by atoms with Gasteiger partial charge < -0.3 is 4.90 Å². The van der Waals surface area contributed by atoms with Crippen molar-refractivity contribution in [3.05, 3.63) is 87.5 Å². The number of aryl methyl sites for hydroxylation is 1. The van der Waals surface area contributed by atoms with Gasteiger partial charge in [0.05, 0.1) is 11.7 Å². The molecule has 0 N–H and O–H groups in total. The van der Waals surface area contributed by atoms with Crippen LogP contribution in [0.25, 0.3) is 21.3 Å². The van der Waals surface area contributed by atoms with E-state index < -0.39 is 0 Å². The third-order valence-corrected chi connectivity index (χ3v) is 5.91. The van der Waals surface area contributed by atoms with Crippen LogP contribution in [-0.4, -0.2) is 27.4 Å². The molecular weight excluding hydrogens is 401 g/mol. The highest BCUT2D eigenvalue weighted by atomic mass is 32.1. The maximum atomic E-state index is 13.9. The molecule has 0 aliphatic carbocycles. The van der Waals surface area contributed by atoms with Crippen molar-refractivity contribution in [2.24, 2.45) is 0 Å². The van der Waals surface area contributed by atoms with Gasteiger partial charge in [0, 0.05) is 30.1 Å². The van der Waals surface area contributed by atoms with E-state index in [0.29, 0.717) is 15.8 Å². The first-order chi connectivity index (χ1) is 14.4. The summed E-state index contributed by atoms with van der Waals surface area (Å²) in [4.78, 5) is 32.2. The van der Waals surface area contributed by atoms with Gasteiger partial charge in [-0.2, -0.15) is 0 Å². The SMILES string of the molecule is Cc1ccc(-c2csc3ncn(CC(=O)N(C)Cc4ccccc4F)c(=O)c23)cc1. The molecular formula is C23H20FN3O2S. The fourth-order valence-electron chi connectivity index (χ4n) is 3.26. The van der Waals surface area contributed by atoms with E-state index in [2.05, 4.69) is 4.98 Å². The number of rotatable bonds is 5. The molecule has 1 amide bonds. The van der Waals surface area contributed by atoms with E-state index in [-0.39, 0.29) is 30.4 Å². The van der Waals surface area contributed by atoms with Crippen LogP contribution in [0.2, 0.25) is 0 Å². The van der Waals surface area contributed by atoms with E-state index >= 15 is 0 Å². The van der Waals surface area contributed by atoms with Crippen LogP contribution >= 0.6 is 11.3 Å². The molecule has 0 atom stereocenters. The van der Waals surface area contributed by atoms with E-state index in [1.54, 1.807) is 25.2 Å². The fourth-order valence-corrected chi connectivity index (χ4v) is 4.17. The Labute approximate surface area is 177 Å².